The van der Waals surface area contributed by atoms with Crippen LogP contribution in [0.5, 0.6) is 0 Å². The van der Waals surface area contributed by atoms with Crippen molar-refractivity contribution in [2.24, 2.45) is 0 Å². The first-order valence-corrected chi connectivity index (χ1v) is 6.25. The molecule has 0 aliphatic heterocycles. The van der Waals surface area contributed by atoms with E-state index in [2.05, 4.69) is 0 Å². The van der Waals surface area contributed by atoms with Crippen molar-refractivity contribution in [3.05, 3.63) is 11.6 Å². The Morgan fingerprint density at radius 1 is 1.11 bits per heavy atom. The van der Waals surface area contributed by atoms with Gasteiger partial charge >= 0.3 is 11.9 Å². The van der Waals surface area contributed by atoms with Gasteiger partial charge in [-0.2, -0.15) is 0 Å². The van der Waals surface area contributed by atoms with Crippen molar-refractivity contribution in [2.75, 3.05) is 0 Å². The lowest BCUT2D eigenvalue weighted by atomic mass is 10.0. The van der Waals surface area contributed by atoms with Crippen LogP contribution in [0.4, 0.5) is 0 Å². The van der Waals surface area contributed by atoms with Crippen LogP contribution in [0.25, 0.3) is 0 Å². The third-order valence-electron chi connectivity index (χ3n) is 2.62. The van der Waals surface area contributed by atoms with Gasteiger partial charge in [-0.15, -0.1) is 0 Å². The number of aliphatic hydroxyl groups excluding tert-OH is 1. The van der Waals surface area contributed by atoms with Gasteiger partial charge in [0.25, 0.3) is 0 Å². The smallest absolute Gasteiger partial charge is 0.331 e. The average Bonchev–Trinajstić information content (AvgIpc) is 2.25. The number of carbonyl (C=O) groups is 2. The fraction of sp³-hybridized carbons (Fsp3) is 0.692. The Labute approximate surface area is 107 Å². The largest absolute Gasteiger partial charge is 0.481 e. The van der Waals surface area contributed by atoms with Crippen molar-refractivity contribution < 1.29 is 24.9 Å². The van der Waals surface area contributed by atoms with Gasteiger partial charge in [0, 0.05) is 5.57 Å². The van der Waals surface area contributed by atoms with E-state index in [1.165, 1.54) is 6.08 Å². The van der Waals surface area contributed by atoms with Gasteiger partial charge in [-0.05, 0) is 26.2 Å². The highest BCUT2D eigenvalue weighted by molar-refractivity contribution is 5.87. The van der Waals surface area contributed by atoms with E-state index in [0.29, 0.717) is 6.42 Å². The van der Waals surface area contributed by atoms with Crippen LogP contribution < -0.4 is 0 Å². The molecule has 0 rings (SSSR count). The van der Waals surface area contributed by atoms with Gasteiger partial charge in [0.1, 0.15) is 0 Å². The molecule has 0 saturated heterocycles. The van der Waals surface area contributed by atoms with E-state index in [0.717, 1.165) is 32.1 Å². The quantitative estimate of drug-likeness (QED) is 0.412. The van der Waals surface area contributed by atoms with Crippen molar-refractivity contribution in [3.8, 4) is 0 Å². The predicted molar refractivity (Wildman–Crippen MR) is 67.4 cm³/mol. The third kappa shape index (κ3) is 9.84. The first-order chi connectivity index (χ1) is 8.43. The van der Waals surface area contributed by atoms with E-state index >= 15 is 0 Å². The number of hydrogen-bond donors (Lipinski definition) is 3. The van der Waals surface area contributed by atoms with Gasteiger partial charge in [-0.25, -0.2) is 4.79 Å². The molecule has 0 saturated carbocycles. The van der Waals surface area contributed by atoms with E-state index < -0.39 is 11.9 Å². The molecule has 0 aromatic heterocycles. The zero-order valence-electron chi connectivity index (χ0n) is 10.8. The van der Waals surface area contributed by atoms with Crippen LogP contribution >= 0.6 is 0 Å². The maximum atomic E-state index is 10.8. The molecule has 0 bridgehead atoms. The maximum Gasteiger partial charge on any atom is 0.331 e. The van der Waals surface area contributed by atoms with Gasteiger partial charge in [0.15, 0.2) is 0 Å². The lowest BCUT2D eigenvalue weighted by molar-refractivity contribution is -0.136. The molecule has 0 aromatic rings. The zero-order chi connectivity index (χ0) is 14.0. The molecule has 0 spiro atoms. The van der Waals surface area contributed by atoms with Crippen molar-refractivity contribution in [3.63, 3.8) is 0 Å². The van der Waals surface area contributed by atoms with Crippen LogP contribution in [0.1, 0.15) is 51.9 Å². The first kappa shape index (κ1) is 16.6. The highest BCUT2D eigenvalue weighted by atomic mass is 16.4. The van der Waals surface area contributed by atoms with E-state index in [9.17, 15) is 9.59 Å². The van der Waals surface area contributed by atoms with Crippen molar-refractivity contribution in [2.45, 2.75) is 58.0 Å². The Bertz CT molecular complexity index is 294. The van der Waals surface area contributed by atoms with Crippen molar-refractivity contribution >= 4 is 11.9 Å². The second-order valence-electron chi connectivity index (χ2n) is 4.43. The number of carboxylic acid groups (broad SMARTS) is 2. The molecule has 0 fully saturated rings. The van der Waals surface area contributed by atoms with E-state index in [1.807, 2.05) is 0 Å². The molecule has 104 valence electrons. The number of aliphatic hydroxyl groups is 1. The van der Waals surface area contributed by atoms with Gasteiger partial charge < -0.3 is 15.3 Å². The molecule has 0 heterocycles. The summed E-state index contributed by atoms with van der Waals surface area (Å²) in [5.74, 6) is -2.06. The van der Waals surface area contributed by atoms with Crippen LogP contribution in [0.2, 0.25) is 0 Å². The minimum Gasteiger partial charge on any atom is -0.481 e. The average molecular weight is 258 g/mol. The Morgan fingerprint density at radius 3 is 2.22 bits per heavy atom. The number of carboxylic acids is 2. The minimum absolute atomic E-state index is 0.174. The highest BCUT2D eigenvalue weighted by Crippen LogP contribution is 2.12. The summed E-state index contributed by atoms with van der Waals surface area (Å²) >= 11 is 0. The summed E-state index contributed by atoms with van der Waals surface area (Å²) in [5, 5.41) is 26.4. The molecule has 1 unspecified atom stereocenters. The first-order valence-electron chi connectivity index (χ1n) is 6.25. The summed E-state index contributed by atoms with van der Waals surface area (Å²) in [6, 6.07) is 0. The Hall–Kier alpha value is -1.36. The second kappa shape index (κ2) is 9.65. The number of unbranched alkanes of at least 4 members (excludes halogenated alkanes) is 3. The Morgan fingerprint density at radius 2 is 1.72 bits per heavy atom. The molecule has 1 atom stereocenters. The predicted octanol–water partition coefficient (Wildman–Crippen LogP) is 2.19. The molecule has 0 aliphatic carbocycles. The van der Waals surface area contributed by atoms with Gasteiger partial charge in [0.2, 0.25) is 0 Å². The molecular formula is C13H22O5. The van der Waals surface area contributed by atoms with Gasteiger partial charge in [-0.1, -0.05) is 25.3 Å². The number of rotatable bonds is 10. The summed E-state index contributed by atoms with van der Waals surface area (Å²) in [5.41, 5.74) is 0.174. The van der Waals surface area contributed by atoms with Gasteiger partial charge in [0.05, 0.1) is 12.5 Å². The Balaban J connectivity index is 3.81. The normalized spacial score (nSPS) is 13.3. The fourth-order valence-corrected chi connectivity index (χ4v) is 1.62. The third-order valence-corrected chi connectivity index (χ3v) is 2.62. The zero-order valence-corrected chi connectivity index (χ0v) is 10.8. The lowest BCUT2D eigenvalue weighted by Crippen LogP contribution is -2.03. The van der Waals surface area contributed by atoms with E-state index in [4.69, 9.17) is 15.3 Å². The molecule has 18 heavy (non-hydrogen) atoms. The van der Waals surface area contributed by atoms with Crippen LogP contribution in [0.15, 0.2) is 11.6 Å². The van der Waals surface area contributed by atoms with Crippen LogP contribution in [0.3, 0.4) is 0 Å². The van der Waals surface area contributed by atoms with Crippen LogP contribution in [-0.2, 0) is 9.59 Å². The monoisotopic (exact) mass is 258 g/mol. The maximum absolute atomic E-state index is 10.8. The molecule has 5 heteroatoms. The van der Waals surface area contributed by atoms with Gasteiger partial charge in [-0.3, -0.25) is 4.79 Å². The van der Waals surface area contributed by atoms with Crippen LogP contribution in [-0.4, -0.2) is 33.4 Å². The molecule has 0 aromatic carbocycles. The lowest BCUT2D eigenvalue weighted by Gasteiger charge is -2.04. The van der Waals surface area contributed by atoms with Crippen LogP contribution in [0, 0.1) is 0 Å². The summed E-state index contributed by atoms with van der Waals surface area (Å²) in [7, 11) is 0. The van der Waals surface area contributed by atoms with Crippen molar-refractivity contribution in [1.82, 2.24) is 0 Å². The number of hydrogen-bond acceptors (Lipinski definition) is 3. The fourth-order valence-electron chi connectivity index (χ4n) is 1.62. The molecule has 0 radical (unpaired) electrons. The molecule has 3 N–H and O–H groups in total. The molecule has 5 nitrogen and oxygen atoms in total. The van der Waals surface area contributed by atoms with Crippen molar-refractivity contribution in [1.29, 1.82) is 0 Å². The molecule has 0 aliphatic rings. The summed E-state index contributed by atoms with van der Waals surface area (Å²) in [4.78, 5) is 21.2. The molecule has 0 amide bonds. The summed E-state index contributed by atoms with van der Waals surface area (Å²) in [6.45, 7) is 1.75. The van der Waals surface area contributed by atoms with E-state index in [-0.39, 0.29) is 18.1 Å². The summed E-state index contributed by atoms with van der Waals surface area (Å²) < 4.78 is 0. The second-order valence-corrected chi connectivity index (χ2v) is 4.43. The molecular weight excluding hydrogens is 236 g/mol. The number of aliphatic carboxylic acids is 2. The summed E-state index contributed by atoms with van der Waals surface area (Å²) in [6.07, 6.45) is 5.41. The highest BCUT2D eigenvalue weighted by Gasteiger charge is 2.07. The van der Waals surface area contributed by atoms with E-state index in [1.54, 1.807) is 6.92 Å². The topological polar surface area (TPSA) is 94.8 Å². The Kier molecular flexibility index (Phi) is 8.92. The minimum atomic E-state index is -1.04. The standard InChI is InChI=1S/C13H22O5/c1-10(14)6-4-2-3-5-7-11(13(17)18)8-9-12(15)16/h8,10,14H,2-7,9H2,1H3,(H,15,16)(H,17,18). The SMILES string of the molecule is CC(O)CCCCCCC(=CCC(=O)O)C(=O)O.